The van der Waals surface area contributed by atoms with Crippen molar-refractivity contribution in [3.8, 4) is 89.6 Å². The van der Waals surface area contributed by atoms with Gasteiger partial charge in [-0.1, -0.05) is 288 Å². The Morgan fingerprint density at radius 3 is 1.57 bits per heavy atom. The van der Waals surface area contributed by atoms with Gasteiger partial charge in [-0.2, -0.15) is 5.26 Å². The molecule has 0 radical (unpaired) electrons. The summed E-state index contributed by atoms with van der Waals surface area (Å²) >= 11 is 0. The second-order valence-electron chi connectivity index (χ2n) is 32.4. The van der Waals surface area contributed by atoms with E-state index >= 15 is 0 Å². The molecule has 14 aromatic carbocycles. The van der Waals surface area contributed by atoms with Gasteiger partial charge in [0.05, 0.1) is 35.2 Å². The van der Waals surface area contributed by atoms with Gasteiger partial charge < -0.3 is 14.4 Å². The second kappa shape index (κ2) is 24.3. The number of anilines is 6. The maximum absolute atomic E-state index is 10.6. The van der Waals surface area contributed by atoms with Crippen LogP contribution in [0.4, 0.5) is 34.1 Å². The van der Waals surface area contributed by atoms with Gasteiger partial charge in [0.25, 0.3) is 6.71 Å². The van der Waals surface area contributed by atoms with Gasteiger partial charge in [0, 0.05) is 61.4 Å². The summed E-state index contributed by atoms with van der Waals surface area (Å²) in [6, 6.07) is 101. The Bertz CT molecular complexity index is 6320. The number of aromatic nitrogens is 1. The van der Waals surface area contributed by atoms with Crippen LogP contribution >= 0.6 is 0 Å². The summed E-state index contributed by atoms with van der Waals surface area (Å²) in [4.78, 5) is 5.06. The quantitative estimate of drug-likeness (QED) is 0.135. The summed E-state index contributed by atoms with van der Waals surface area (Å²) in [5.74, 6) is 0. The van der Waals surface area contributed by atoms with Crippen LogP contribution in [0.3, 0.4) is 0 Å². The van der Waals surface area contributed by atoms with Gasteiger partial charge in [0.1, 0.15) is 0 Å². The van der Waals surface area contributed by atoms with Crippen molar-refractivity contribution in [3.05, 3.63) is 337 Å². The lowest BCUT2D eigenvalue weighted by atomic mass is 9.33. The van der Waals surface area contributed by atoms with Crippen molar-refractivity contribution in [2.45, 2.75) is 97.8 Å². The fraction of sp³-hybridized carbons (Fsp3) is 0.150. The van der Waals surface area contributed by atoms with Gasteiger partial charge in [0.15, 0.2) is 0 Å². The van der Waals surface area contributed by atoms with Crippen molar-refractivity contribution in [2.24, 2.45) is 0 Å². The fourth-order valence-corrected chi connectivity index (χ4v) is 17.2. The molecule has 0 N–H and O–H groups in total. The molecule has 0 saturated heterocycles. The molecule has 5 heteroatoms. The zero-order valence-corrected chi connectivity index (χ0v) is 61.3. The molecule has 1 aliphatic carbocycles. The molecule has 3 aliphatic rings. The minimum absolute atomic E-state index is 0.124. The molecule has 0 atom stereocenters. The lowest BCUT2D eigenvalue weighted by Gasteiger charge is -2.46. The highest BCUT2D eigenvalue weighted by atomic mass is 15.2. The van der Waals surface area contributed by atoms with Gasteiger partial charge in [-0.3, -0.25) is 0 Å². The van der Waals surface area contributed by atoms with Crippen molar-refractivity contribution in [1.29, 1.82) is 5.26 Å². The standard InChI is InChI=1S/C100H83BN4/c1-97(2,3)72-45-50-89-82(58-72)81-51-63(62-102)43-49-88(81)103(89)74-46-48-87-91(61-74)104(75-53-69(65-31-18-13-19-32-65)52-70(54-75)76-37-24-26-40-83(76)99(7,8)9)92-56-71(77-39-28-42-85-94(77)78-38-25-27-41-84(78)100(85,10)11)57-93-95(92)101(87)86-47-44-68(64-29-16-12-17-30-64)55-90(86)105(93)96-79(66-33-20-14-21-34-66)59-73(98(4,5)6)60-80(96)67-35-22-15-23-36-67/h12-61H,1-11H3/i12D,16D,17D,29D,30D. The SMILES string of the molecule is [2H]c1c([2H])c([2H])c(-c2ccc3c(c2)N(c2c(-c4ccccc4)cc(C(C)(C)C)cc2-c2ccccc2)c2cc(-c4cccc5c4-c4ccccc4C5(C)C)cc4c2B3c2ccc(-n3c5ccc(C#N)cc5c5cc(C(C)(C)C)ccc53)cc2N4c2cc(-c3ccccc3)cc(-c3ccccc3C(C)(C)C)c2)c([2H])c1[2H]. The third kappa shape index (κ3) is 10.7. The first kappa shape index (κ1) is 59.6. The Morgan fingerprint density at radius 1 is 0.371 bits per heavy atom. The number of hydrogen-bond acceptors (Lipinski definition) is 3. The number of hydrogen-bond donors (Lipinski definition) is 0. The predicted octanol–water partition coefficient (Wildman–Crippen LogP) is 24.9. The molecule has 0 unspecified atom stereocenters. The minimum Gasteiger partial charge on any atom is -0.311 e. The molecule has 0 bridgehead atoms. The Kier molecular flexibility index (Phi) is 13.8. The molecular formula is C100H83BN4. The monoisotopic (exact) mass is 1360 g/mol. The summed E-state index contributed by atoms with van der Waals surface area (Å²) < 4.78 is 49.1. The maximum Gasteiger partial charge on any atom is 0.252 e. The van der Waals surface area contributed by atoms with Crippen molar-refractivity contribution >= 4 is 79.0 Å². The van der Waals surface area contributed by atoms with Gasteiger partial charge in [-0.25, -0.2) is 0 Å². The molecule has 15 aromatic rings. The van der Waals surface area contributed by atoms with Crippen molar-refractivity contribution in [2.75, 3.05) is 9.80 Å². The van der Waals surface area contributed by atoms with E-state index in [0.717, 1.165) is 139 Å². The number of nitriles is 1. The van der Waals surface area contributed by atoms with E-state index in [1.807, 2.05) is 18.2 Å². The Morgan fingerprint density at radius 2 is 0.914 bits per heavy atom. The van der Waals surface area contributed by atoms with E-state index in [1.165, 1.54) is 33.4 Å². The highest BCUT2D eigenvalue weighted by Gasteiger charge is 2.46. The lowest BCUT2D eigenvalue weighted by Crippen LogP contribution is -2.61. The van der Waals surface area contributed by atoms with E-state index in [0.29, 0.717) is 11.1 Å². The molecule has 105 heavy (non-hydrogen) atoms. The second-order valence-corrected chi connectivity index (χ2v) is 32.4. The first-order valence-electron chi connectivity index (χ1n) is 39.2. The molecular weight excluding hydrogens is 1270 g/mol. The van der Waals surface area contributed by atoms with Crippen molar-refractivity contribution in [1.82, 2.24) is 4.57 Å². The Balaban J connectivity index is 1.05. The number of fused-ring (bicyclic) bond motifs is 10. The van der Waals surface area contributed by atoms with E-state index in [-0.39, 0.29) is 39.3 Å². The van der Waals surface area contributed by atoms with E-state index in [9.17, 15) is 10.7 Å². The third-order valence-corrected chi connectivity index (χ3v) is 22.5. The Hall–Kier alpha value is -12.0. The van der Waals surface area contributed by atoms with Gasteiger partial charge in [0.2, 0.25) is 0 Å². The molecule has 506 valence electrons. The summed E-state index contributed by atoms with van der Waals surface area (Å²) in [7, 11) is 0. The van der Waals surface area contributed by atoms with E-state index < -0.39 is 24.8 Å². The van der Waals surface area contributed by atoms with Crippen LogP contribution in [0, 0.1) is 11.3 Å². The number of benzene rings is 14. The van der Waals surface area contributed by atoms with Gasteiger partial charge in [-0.15, -0.1) is 0 Å². The molecule has 0 fully saturated rings. The average Bonchev–Trinajstić information content (AvgIpc) is 1.28. The van der Waals surface area contributed by atoms with Crippen molar-refractivity contribution < 1.29 is 6.85 Å². The van der Waals surface area contributed by atoms with E-state index in [4.69, 9.17) is 1.37 Å². The van der Waals surface area contributed by atoms with Crippen LogP contribution in [-0.2, 0) is 21.7 Å². The highest BCUT2D eigenvalue weighted by Crippen LogP contribution is 2.57. The van der Waals surface area contributed by atoms with Crippen LogP contribution in [0.2, 0.25) is 0 Å². The molecule has 2 aliphatic heterocycles. The zero-order chi connectivity index (χ0) is 76.4. The molecule has 4 nitrogen and oxygen atoms in total. The first-order valence-corrected chi connectivity index (χ1v) is 36.7. The molecule has 0 saturated carbocycles. The van der Waals surface area contributed by atoms with Crippen LogP contribution in [0.1, 0.15) is 116 Å². The molecule has 18 rings (SSSR count). The predicted molar refractivity (Wildman–Crippen MR) is 446 cm³/mol. The van der Waals surface area contributed by atoms with Crippen LogP contribution in [0.25, 0.3) is 105 Å². The lowest BCUT2D eigenvalue weighted by molar-refractivity contribution is 0.590. The molecule has 3 heterocycles. The van der Waals surface area contributed by atoms with Crippen LogP contribution in [0.5, 0.6) is 0 Å². The summed E-state index contributed by atoms with van der Waals surface area (Å²) in [5.41, 5.74) is 30.7. The van der Waals surface area contributed by atoms with Gasteiger partial charge in [-0.05, 0) is 218 Å². The fourth-order valence-electron chi connectivity index (χ4n) is 17.2. The molecule has 0 amide bonds. The van der Waals surface area contributed by atoms with Gasteiger partial charge >= 0.3 is 0 Å². The highest BCUT2D eigenvalue weighted by molar-refractivity contribution is 7.00. The average molecular weight is 1360 g/mol. The van der Waals surface area contributed by atoms with Crippen LogP contribution in [0.15, 0.2) is 303 Å². The smallest absolute Gasteiger partial charge is 0.252 e. The first-order chi connectivity index (χ1) is 52.8. The number of nitrogens with zero attached hydrogens (tertiary/aromatic N) is 4. The molecule has 1 aromatic heterocycles. The zero-order valence-electron chi connectivity index (χ0n) is 66.3. The van der Waals surface area contributed by atoms with Crippen molar-refractivity contribution in [3.63, 3.8) is 0 Å². The Labute approximate surface area is 625 Å². The van der Waals surface area contributed by atoms with E-state index in [1.54, 1.807) is 0 Å². The topological polar surface area (TPSA) is 35.2 Å². The maximum atomic E-state index is 10.6. The molecule has 0 spiro atoms. The minimum atomic E-state index is -0.478. The summed E-state index contributed by atoms with van der Waals surface area (Å²) in [6.45, 7) is 24.7. The summed E-state index contributed by atoms with van der Waals surface area (Å²) in [5, 5.41) is 12.6. The third-order valence-electron chi connectivity index (χ3n) is 22.5. The largest absolute Gasteiger partial charge is 0.311 e. The summed E-state index contributed by atoms with van der Waals surface area (Å²) in [6.07, 6.45) is 0. The number of rotatable bonds is 9. The van der Waals surface area contributed by atoms with Crippen LogP contribution < -0.4 is 26.2 Å². The van der Waals surface area contributed by atoms with Crippen LogP contribution in [-0.4, -0.2) is 11.3 Å². The normalized spacial score (nSPS) is 14.2. The van der Waals surface area contributed by atoms with E-state index in [2.05, 4.69) is 351 Å².